The van der Waals surface area contributed by atoms with E-state index in [2.05, 4.69) is 0 Å². The zero-order valence-electron chi connectivity index (χ0n) is 14.5. The number of halogens is 1. The number of nitrogens with two attached hydrogens (primary N) is 1. The van der Waals surface area contributed by atoms with Gasteiger partial charge in [0.25, 0.3) is 5.91 Å². The molecule has 2 N–H and O–H groups in total. The minimum atomic E-state index is -0.881. The Morgan fingerprint density at radius 1 is 1.26 bits per heavy atom. The predicted molar refractivity (Wildman–Crippen MR) is 102 cm³/mol. The maximum absolute atomic E-state index is 13.1. The summed E-state index contributed by atoms with van der Waals surface area (Å²) in [6.07, 6.45) is 0.340. The molecular formula is C20H16FN3O2S. The molecule has 0 saturated carbocycles. The van der Waals surface area contributed by atoms with Crippen molar-refractivity contribution in [2.45, 2.75) is 18.6 Å². The van der Waals surface area contributed by atoms with Gasteiger partial charge in [-0.3, -0.25) is 14.5 Å². The van der Waals surface area contributed by atoms with Gasteiger partial charge in [0.2, 0.25) is 5.91 Å². The normalized spacial score (nSPS) is 18.3. The Hall–Kier alpha value is -3.11. The molecule has 0 unspecified atom stereocenters. The smallest absolute Gasteiger partial charge is 0.262 e. The van der Waals surface area contributed by atoms with Crippen molar-refractivity contribution in [1.29, 1.82) is 5.26 Å². The van der Waals surface area contributed by atoms with Crippen LogP contribution in [-0.4, -0.2) is 17.1 Å². The van der Waals surface area contributed by atoms with E-state index in [1.54, 1.807) is 24.3 Å². The van der Waals surface area contributed by atoms with Crippen LogP contribution in [0, 0.1) is 24.1 Å². The van der Waals surface area contributed by atoms with Crippen LogP contribution < -0.4 is 10.6 Å². The standard InChI is InChI=1S/C20H16FN3O2S/c1-12-4-2-3-5-16(12)24-19(26)17(10-13-6-8-14(21)9-7-13)27-20(24)15(11-22)18(23)25/h2-9,17H,10H2,1H3,(H2,23,25)/b20-15-/t17-/m1/s1. The molecular weight excluding hydrogens is 365 g/mol. The molecule has 1 heterocycles. The minimum absolute atomic E-state index is 0.233. The molecule has 7 heteroatoms. The molecule has 0 aliphatic carbocycles. The molecule has 5 nitrogen and oxygen atoms in total. The van der Waals surface area contributed by atoms with Crippen molar-refractivity contribution in [2.24, 2.45) is 5.73 Å². The number of thioether (sulfide) groups is 1. The number of carbonyl (C=O) groups excluding carboxylic acids is 2. The third-order valence-corrected chi connectivity index (χ3v) is 5.48. The molecule has 1 saturated heterocycles. The number of para-hydroxylation sites is 1. The molecule has 2 aromatic rings. The molecule has 1 fully saturated rings. The van der Waals surface area contributed by atoms with Crippen molar-refractivity contribution >= 4 is 29.3 Å². The van der Waals surface area contributed by atoms with Gasteiger partial charge in [-0.05, 0) is 42.7 Å². The summed E-state index contributed by atoms with van der Waals surface area (Å²) in [7, 11) is 0. The van der Waals surface area contributed by atoms with Crippen LogP contribution in [0.25, 0.3) is 0 Å². The first kappa shape index (κ1) is 18.7. The Morgan fingerprint density at radius 2 is 1.93 bits per heavy atom. The molecule has 0 bridgehead atoms. The number of benzene rings is 2. The second-order valence-corrected chi connectivity index (χ2v) is 7.24. The van der Waals surface area contributed by atoms with Crippen LogP contribution in [0.1, 0.15) is 11.1 Å². The highest BCUT2D eigenvalue weighted by molar-refractivity contribution is 8.05. The summed E-state index contributed by atoms with van der Waals surface area (Å²) in [5.41, 5.74) is 7.31. The highest BCUT2D eigenvalue weighted by atomic mass is 32.2. The number of hydrogen-bond donors (Lipinski definition) is 1. The lowest BCUT2D eigenvalue weighted by Crippen LogP contribution is -2.31. The number of nitriles is 1. The maximum Gasteiger partial charge on any atom is 0.262 e. The molecule has 1 aliphatic heterocycles. The predicted octanol–water partition coefficient (Wildman–Crippen LogP) is 3.05. The Kier molecular flexibility index (Phi) is 5.28. The van der Waals surface area contributed by atoms with Crippen molar-refractivity contribution in [2.75, 3.05) is 4.90 Å². The number of amides is 2. The first-order valence-electron chi connectivity index (χ1n) is 8.17. The zero-order chi connectivity index (χ0) is 19.6. The van der Waals surface area contributed by atoms with E-state index in [9.17, 15) is 19.2 Å². The van der Waals surface area contributed by atoms with E-state index in [0.29, 0.717) is 12.1 Å². The minimum Gasteiger partial charge on any atom is -0.365 e. The SMILES string of the molecule is Cc1ccccc1N1C(=O)[C@@H](Cc2ccc(F)cc2)S/C1=C(/C#N)C(N)=O. The maximum atomic E-state index is 13.1. The van der Waals surface area contributed by atoms with Gasteiger partial charge in [0.1, 0.15) is 22.5 Å². The number of aryl methyl sites for hydroxylation is 1. The summed E-state index contributed by atoms with van der Waals surface area (Å²) in [6.45, 7) is 1.84. The van der Waals surface area contributed by atoms with Gasteiger partial charge in [-0.25, -0.2) is 4.39 Å². The Morgan fingerprint density at radius 3 is 2.52 bits per heavy atom. The van der Waals surface area contributed by atoms with Crippen molar-refractivity contribution in [3.8, 4) is 6.07 Å². The highest BCUT2D eigenvalue weighted by Gasteiger charge is 2.40. The fourth-order valence-electron chi connectivity index (χ4n) is 2.87. The molecule has 2 aromatic carbocycles. The van der Waals surface area contributed by atoms with Crippen LogP contribution >= 0.6 is 11.8 Å². The number of hydrogen-bond acceptors (Lipinski definition) is 4. The van der Waals surface area contributed by atoms with Gasteiger partial charge in [0.15, 0.2) is 0 Å². The summed E-state index contributed by atoms with van der Waals surface area (Å²) in [4.78, 5) is 26.2. The van der Waals surface area contributed by atoms with E-state index in [0.717, 1.165) is 22.9 Å². The summed E-state index contributed by atoms with van der Waals surface area (Å²) in [5.74, 6) is -1.48. The van der Waals surface area contributed by atoms with E-state index in [4.69, 9.17) is 5.73 Å². The molecule has 136 valence electrons. The van der Waals surface area contributed by atoms with E-state index in [1.165, 1.54) is 17.0 Å². The average molecular weight is 381 g/mol. The number of carbonyl (C=O) groups is 2. The third-order valence-electron chi connectivity index (χ3n) is 4.22. The summed E-state index contributed by atoms with van der Waals surface area (Å²) in [6, 6.07) is 14.9. The van der Waals surface area contributed by atoms with Gasteiger partial charge >= 0.3 is 0 Å². The summed E-state index contributed by atoms with van der Waals surface area (Å²) >= 11 is 1.13. The first-order chi connectivity index (χ1) is 12.9. The number of primary amides is 1. The Bertz CT molecular complexity index is 979. The van der Waals surface area contributed by atoms with E-state index >= 15 is 0 Å². The second kappa shape index (κ2) is 7.64. The monoisotopic (exact) mass is 381 g/mol. The topological polar surface area (TPSA) is 87.2 Å². The molecule has 0 aromatic heterocycles. The van der Waals surface area contributed by atoms with Crippen LogP contribution in [0.2, 0.25) is 0 Å². The largest absolute Gasteiger partial charge is 0.365 e. The van der Waals surface area contributed by atoms with Crippen molar-refractivity contribution in [3.05, 3.63) is 76.1 Å². The number of anilines is 1. The lowest BCUT2D eigenvalue weighted by molar-refractivity contribution is -0.117. The lowest BCUT2D eigenvalue weighted by atomic mass is 10.1. The van der Waals surface area contributed by atoms with Crippen molar-refractivity contribution in [1.82, 2.24) is 0 Å². The van der Waals surface area contributed by atoms with Gasteiger partial charge in [0.05, 0.1) is 10.9 Å². The fraction of sp³-hybridized carbons (Fsp3) is 0.150. The molecule has 0 spiro atoms. The van der Waals surface area contributed by atoms with Crippen LogP contribution in [0.3, 0.4) is 0 Å². The first-order valence-corrected chi connectivity index (χ1v) is 9.05. The Labute approximate surface area is 160 Å². The summed E-state index contributed by atoms with van der Waals surface area (Å²) in [5, 5.41) is 9.07. The molecule has 0 radical (unpaired) electrons. The second-order valence-electron chi connectivity index (χ2n) is 6.05. The van der Waals surface area contributed by atoms with Gasteiger partial charge in [-0.2, -0.15) is 5.26 Å². The number of nitrogens with zero attached hydrogens (tertiary/aromatic N) is 2. The van der Waals surface area contributed by atoms with Gasteiger partial charge in [-0.1, -0.05) is 42.1 Å². The molecule has 27 heavy (non-hydrogen) atoms. The number of rotatable bonds is 4. The molecule has 1 aliphatic rings. The highest BCUT2D eigenvalue weighted by Crippen LogP contribution is 2.42. The van der Waals surface area contributed by atoms with E-state index < -0.39 is 11.2 Å². The van der Waals surface area contributed by atoms with Crippen LogP contribution in [0.15, 0.2) is 59.1 Å². The van der Waals surface area contributed by atoms with Gasteiger partial charge < -0.3 is 5.73 Å². The quantitative estimate of drug-likeness (QED) is 0.651. The van der Waals surface area contributed by atoms with Crippen molar-refractivity contribution < 1.29 is 14.0 Å². The van der Waals surface area contributed by atoms with Gasteiger partial charge in [0, 0.05) is 0 Å². The third kappa shape index (κ3) is 3.71. The lowest BCUT2D eigenvalue weighted by Gasteiger charge is -2.20. The summed E-state index contributed by atoms with van der Waals surface area (Å²) < 4.78 is 13.1. The molecule has 1 atom stereocenters. The van der Waals surface area contributed by atoms with Crippen LogP contribution in [-0.2, 0) is 16.0 Å². The fourth-order valence-corrected chi connectivity index (χ4v) is 4.18. The van der Waals surface area contributed by atoms with Crippen LogP contribution in [0.4, 0.5) is 10.1 Å². The zero-order valence-corrected chi connectivity index (χ0v) is 15.3. The average Bonchev–Trinajstić information content (AvgIpc) is 2.94. The Balaban J connectivity index is 2.05. The molecule has 2 amide bonds. The van der Waals surface area contributed by atoms with Crippen LogP contribution in [0.5, 0.6) is 0 Å². The van der Waals surface area contributed by atoms with Gasteiger partial charge in [-0.15, -0.1) is 0 Å². The van der Waals surface area contributed by atoms with E-state index in [-0.39, 0.29) is 22.3 Å². The van der Waals surface area contributed by atoms with E-state index in [1.807, 2.05) is 25.1 Å². The van der Waals surface area contributed by atoms with Crippen molar-refractivity contribution in [3.63, 3.8) is 0 Å². The molecule has 3 rings (SSSR count).